The number of amides is 1. The van der Waals surface area contributed by atoms with E-state index in [9.17, 15) is 13.2 Å². The molecule has 1 fully saturated rings. The predicted molar refractivity (Wildman–Crippen MR) is 116 cm³/mol. The Kier molecular flexibility index (Phi) is 6.93. The molecule has 1 aliphatic rings. The molecule has 2 heterocycles. The average molecular weight is 439 g/mol. The molecule has 0 atom stereocenters. The Morgan fingerprint density at radius 1 is 1.25 bits per heavy atom. The van der Waals surface area contributed by atoms with Crippen LogP contribution in [-0.2, 0) is 14.8 Å². The topological polar surface area (TPSA) is 66.5 Å². The largest absolute Gasteiger partial charge is 0.352 e. The third-order valence-electron chi connectivity index (χ3n) is 4.77. The first-order chi connectivity index (χ1) is 13.3. The van der Waals surface area contributed by atoms with Gasteiger partial charge in [0.1, 0.15) is 0 Å². The van der Waals surface area contributed by atoms with E-state index >= 15 is 0 Å². The highest BCUT2D eigenvalue weighted by atomic mass is 35.5. The highest BCUT2D eigenvalue weighted by molar-refractivity contribution is 7.88. The van der Waals surface area contributed by atoms with Gasteiger partial charge in [0.25, 0.3) is 0 Å². The van der Waals surface area contributed by atoms with Crippen LogP contribution in [-0.4, -0.2) is 44.5 Å². The zero-order chi connectivity index (χ0) is 20.1. The van der Waals surface area contributed by atoms with Gasteiger partial charge in [0, 0.05) is 46.1 Å². The van der Waals surface area contributed by atoms with Crippen LogP contribution in [0.4, 0.5) is 0 Å². The summed E-state index contributed by atoms with van der Waals surface area (Å²) >= 11 is 7.81. The normalized spacial score (nSPS) is 16.5. The van der Waals surface area contributed by atoms with Crippen molar-refractivity contribution in [3.8, 4) is 10.4 Å². The van der Waals surface area contributed by atoms with Gasteiger partial charge >= 0.3 is 0 Å². The summed E-state index contributed by atoms with van der Waals surface area (Å²) in [4.78, 5) is 14.1. The van der Waals surface area contributed by atoms with Crippen molar-refractivity contribution in [3.05, 3.63) is 52.4 Å². The van der Waals surface area contributed by atoms with Crippen LogP contribution in [0, 0.1) is 5.92 Å². The second-order valence-electron chi connectivity index (χ2n) is 6.87. The van der Waals surface area contributed by atoms with Crippen molar-refractivity contribution in [1.29, 1.82) is 0 Å². The van der Waals surface area contributed by atoms with Crippen LogP contribution >= 0.6 is 22.9 Å². The number of nitrogens with zero attached hydrogens (tertiary/aromatic N) is 1. The molecule has 0 radical (unpaired) electrons. The van der Waals surface area contributed by atoms with Crippen LogP contribution in [0.25, 0.3) is 16.5 Å². The van der Waals surface area contributed by atoms with Gasteiger partial charge in [0.05, 0.1) is 6.26 Å². The Morgan fingerprint density at radius 2 is 1.96 bits per heavy atom. The molecule has 1 aromatic carbocycles. The molecule has 1 saturated heterocycles. The zero-order valence-corrected chi connectivity index (χ0v) is 18.0. The first-order valence-electron chi connectivity index (χ1n) is 9.08. The maximum Gasteiger partial charge on any atom is 0.244 e. The number of hydrogen-bond donors (Lipinski definition) is 1. The minimum atomic E-state index is -3.11. The molecule has 1 aliphatic heterocycles. The third kappa shape index (κ3) is 5.67. The first kappa shape index (κ1) is 21.0. The quantitative estimate of drug-likeness (QED) is 0.696. The summed E-state index contributed by atoms with van der Waals surface area (Å²) in [5.74, 6) is 0.169. The van der Waals surface area contributed by atoms with Gasteiger partial charge in [-0.15, -0.1) is 11.3 Å². The number of sulfonamides is 1. The van der Waals surface area contributed by atoms with Crippen LogP contribution in [0.3, 0.4) is 0 Å². The van der Waals surface area contributed by atoms with Gasteiger partial charge < -0.3 is 5.32 Å². The average Bonchev–Trinajstić information content (AvgIpc) is 3.13. The van der Waals surface area contributed by atoms with Gasteiger partial charge in [-0.2, -0.15) is 0 Å². The molecule has 1 aromatic heterocycles. The van der Waals surface area contributed by atoms with Crippen LogP contribution in [0.15, 0.2) is 42.5 Å². The van der Waals surface area contributed by atoms with E-state index in [0.717, 1.165) is 28.2 Å². The van der Waals surface area contributed by atoms with E-state index in [2.05, 4.69) is 5.32 Å². The van der Waals surface area contributed by atoms with E-state index < -0.39 is 10.0 Å². The highest BCUT2D eigenvalue weighted by Crippen LogP contribution is 2.33. The van der Waals surface area contributed by atoms with Gasteiger partial charge in [0.15, 0.2) is 0 Å². The number of carbonyl (C=O) groups excluding carboxylic acids is 1. The molecule has 1 N–H and O–H groups in total. The van der Waals surface area contributed by atoms with Crippen molar-refractivity contribution < 1.29 is 13.2 Å². The summed E-state index contributed by atoms with van der Waals surface area (Å²) in [5, 5.41) is 3.62. The SMILES string of the molecule is CS(=O)(=O)N1CCC(CNC(=O)/C=C/c2ccc(-c3ccccc3Cl)s2)CC1. The van der Waals surface area contributed by atoms with Gasteiger partial charge in [-0.3, -0.25) is 4.79 Å². The van der Waals surface area contributed by atoms with Crippen LogP contribution < -0.4 is 5.32 Å². The molecule has 1 amide bonds. The Labute approximate surface area is 175 Å². The van der Waals surface area contributed by atoms with Crippen molar-refractivity contribution in [2.75, 3.05) is 25.9 Å². The summed E-state index contributed by atoms with van der Waals surface area (Å²) in [6, 6.07) is 11.6. The fraction of sp³-hybridized carbons (Fsp3) is 0.350. The highest BCUT2D eigenvalue weighted by Gasteiger charge is 2.24. The summed E-state index contributed by atoms with van der Waals surface area (Å²) in [6.07, 6.45) is 6.11. The summed E-state index contributed by atoms with van der Waals surface area (Å²) in [5.41, 5.74) is 0.985. The molecule has 28 heavy (non-hydrogen) atoms. The molecule has 0 aliphatic carbocycles. The summed E-state index contributed by atoms with van der Waals surface area (Å²) in [7, 11) is -3.11. The molecular weight excluding hydrogens is 416 g/mol. The Balaban J connectivity index is 1.48. The number of nitrogens with one attached hydrogen (secondary N) is 1. The van der Waals surface area contributed by atoms with Gasteiger partial charge in [0.2, 0.25) is 15.9 Å². The molecule has 0 bridgehead atoms. The van der Waals surface area contributed by atoms with Crippen molar-refractivity contribution in [2.24, 2.45) is 5.92 Å². The lowest BCUT2D eigenvalue weighted by molar-refractivity contribution is -0.116. The Hall–Kier alpha value is -1.67. The molecule has 5 nitrogen and oxygen atoms in total. The number of carbonyl (C=O) groups is 1. The van der Waals surface area contributed by atoms with Crippen molar-refractivity contribution >= 4 is 44.9 Å². The maximum atomic E-state index is 12.1. The molecular formula is C20H23ClN2O3S2. The Bertz CT molecular complexity index is 961. The zero-order valence-electron chi connectivity index (χ0n) is 15.6. The maximum absolute atomic E-state index is 12.1. The lowest BCUT2D eigenvalue weighted by Crippen LogP contribution is -2.40. The van der Waals surface area contributed by atoms with Gasteiger partial charge in [-0.25, -0.2) is 12.7 Å². The fourth-order valence-electron chi connectivity index (χ4n) is 3.15. The Morgan fingerprint density at radius 3 is 2.64 bits per heavy atom. The third-order valence-corrected chi connectivity index (χ3v) is 7.49. The van der Waals surface area contributed by atoms with E-state index in [1.807, 2.05) is 36.4 Å². The fourth-order valence-corrected chi connectivity index (χ4v) is 5.27. The van der Waals surface area contributed by atoms with E-state index in [-0.39, 0.29) is 5.91 Å². The molecule has 8 heteroatoms. The second-order valence-corrected chi connectivity index (χ2v) is 10.4. The van der Waals surface area contributed by atoms with E-state index in [0.29, 0.717) is 30.6 Å². The molecule has 3 rings (SSSR count). The second kappa shape index (κ2) is 9.22. The van der Waals surface area contributed by atoms with Crippen LogP contribution in [0.5, 0.6) is 0 Å². The van der Waals surface area contributed by atoms with Crippen LogP contribution in [0.1, 0.15) is 17.7 Å². The number of hydrogen-bond acceptors (Lipinski definition) is 4. The monoisotopic (exact) mass is 438 g/mol. The standard InChI is InChI=1S/C20H23ClN2O3S2/c1-28(25,26)23-12-10-15(11-13-23)14-22-20(24)9-7-16-6-8-19(27-16)17-4-2-3-5-18(17)21/h2-9,15H,10-14H2,1H3,(H,22,24)/b9-7+. The van der Waals surface area contributed by atoms with E-state index in [4.69, 9.17) is 11.6 Å². The molecule has 0 unspecified atom stereocenters. The molecule has 150 valence electrons. The number of thiophene rings is 1. The minimum absolute atomic E-state index is 0.141. The van der Waals surface area contributed by atoms with E-state index in [1.54, 1.807) is 17.4 Å². The first-order valence-corrected chi connectivity index (χ1v) is 12.1. The van der Waals surface area contributed by atoms with Crippen molar-refractivity contribution in [1.82, 2.24) is 9.62 Å². The number of benzene rings is 1. The summed E-state index contributed by atoms with van der Waals surface area (Å²) in [6.45, 7) is 1.61. The predicted octanol–water partition coefficient (Wildman–Crippen LogP) is 3.87. The van der Waals surface area contributed by atoms with Crippen molar-refractivity contribution in [2.45, 2.75) is 12.8 Å². The van der Waals surface area contributed by atoms with Crippen LogP contribution in [0.2, 0.25) is 5.02 Å². The number of piperidine rings is 1. The molecule has 0 saturated carbocycles. The van der Waals surface area contributed by atoms with Crippen molar-refractivity contribution in [3.63, 3.8) is 0 Å². The molecule has 0 spiro atoms. The number of halogens is 1. The van der Waals surface area contributed by atoms with Gasteiger partial charge in [-0.1, -0.05) is 29.8 Å². The number of rotatable bonds is 6. The van der Waals surface area contributed by atoms with Gasteiger partial charge in [-0.05, 0) is 43.0 Å². The smallest absolute Gasteiger partial charge is 0.244 e. The van der Waals surface area contributed by atoms with E-state index in [1.165, 1.54) is 16.6 Å². The lowest BCUT2D eigenvalue weighted by atomic mass is 9.98. The summed E-state index contributed by atoms with van der Waals surface area (Å²) < 4.78 is 24.6. The minimum Gasteiger partial charge on any atom is -0.352 e. The lowest BCUT2D eigenvalue weighted by Gasteiger charge is -2.30. The molecule has 2 aromatic rings.